The summed E-state index contributed by atoms with van der Waals surface area (Å²) < 4.78 is 3.12. The average molecular weight is 368 g/mol. The van der Waals surface area contributed by atoms with Gasteiger partial charge in [0.15, 0.2) is 0 Å². The SMILES string of the molecule is CCn1cc(C2CCN(c3nc4ccccn4c(=O)c3[N+](=O)[O-])CC2)cn1. The quantitative estimate of drug-likeness (QED) is 0.517. The van der Waals surface area contributed by atoms with Crippen molar-refractivity contribution in [1.82, 2.24) is 19.2 Å². The summed E-state index contributed by atoms with van der Waals surface area (Å²) in [7, 11) is 0. The minimum atomic E-state index is -0.646. The molecule has 0 radical (unpaired) electrons. The zero-order valence-corrected chi connectivity index (χ0v) is 15.0. The summed E-state index contributed by atoms with van der Waals surface area (Å²) in [5.74, 6) is 0.529. The molecule has 0 saturated carbocycles. The highest BCUT2D eigenvalue weighted by molar-refractivity contribution is 5.61. The Morgan fingerprint density at radius 2 is 2.07 bits per heavy atom. The molecule has 0 bridgehead atoms. The maximum absolute atomic E-state index is 12.6. The van der Waals surface area contributed by atoms with Crippen LogP contribution in [0.5, 0.6) is 0 Å². The first-order valence-corrected chi connectivity index (χ1v) is 9.01. The number of anilines is 1. The molecular formula is C18H20N6O3. The molecule has 3 aromatic heterocycles. The Bertz CT molecular complexity index is 1050. The number of piperidine rings is 1. The fourth-order valence-electron chi connectivity index (χ4n) is 3.64. The van der Waals surface area contributed by atoms with Crippen LogP contribution >= 0.6 is 0 Å². The molecule has 1 aliphatic rings. The average Bonchev–Trinajstić information content (AvgIpc) is 3.17. The molecule has 0 aromatic carbocycles. The van der Waals surface area contributed by atoms with E-state index in [4.69, 9.17) is 0 Å². The van der Waals surface area contributed by atoms with Crippen LogP contribution in [0, 0.1) is 10.1 Å². The summed E-state index contributed by atoms with van der Waals surface area (Å²) in [6.07, 6.45) is 7.13. The number of pyridine rings is 1. The number of nitrogens with zero attached hydrogens (tertiary/aromatic N) is 6. The Balaban J connectivity index is 1.64. The zero-order valence-electron chi connectivity index (χ0n) is 15.0. The van der Waals surface area contributed by atoms with Crippen molar-refractivity contribution in [2.45, 2.75) is 32.2 Å². The largest absolute Gasteiger partial charge is 0.376 e. The van der Waals surface area contributed by atoms with E-state index in [1.165, 1.54) is 16.2 Å². The number of hydrogen-bond acceptors (Lipinski definition) is 6. The molecule has 1 fully saturated rings. The summed E-state index contributed by atoms with van der Waals surface area (Å²) >= 11 is 0. The van der Waals surface area contributed by atoms with Crippen molar-refractivity contribution < 1.29 is 4.92 Å². The number of nitro groups is 1. The molecule has 0 spiro atoms. The van der Waals surface area contributed by atoms with Gasteiger partial charge in [-0.15, -0.1) is 0 Å². The van der Waals surface area contributed by atoms with Gasteiger partial charge in [-0.05, 0) is 43.4 Å². The van der Waals surface area contributed by atoms with Crippen molar-refractivity contribution in [3.63, 3.8) is 0 Å². The van der Waals surface area contributed by atoms with E-state index in [2.05, 4.69) is 16.3 Å². The number of rotatable bonds is 4. The maximum atomic E-state index is 12.6. The first kappa shape index (κ1) is 17.2. The van der Waals surface area contributed by atoms with Crippen molar-refractivity contribution in [2.24, 2.45) is 0 Å². The predicted molar refractivity (Wildman–Crippen MR) is 100 cm³/mol. The van der Waals surface area contributed by atoms with Gasteiger partial charge < -0.3 is 4.90 Å². The van der Waals surface area contributed by atoms with Gasteiger partial charge >= 0.3 is 11.2 Å². The van der Waals surface area contributed by atoms with Gasteiger partial charge in [0.25, 0.3) is 0 Å². The highest BCUT2D eigenvalue weighted by Gasteiger charge is 2.30. The molecule has 0 unspecified atom stereocenters. The van der Waals surface area contributed by atoms with Crippen LogP contribution in [0.15, 0.2) is 41.6 Å². The van der Waals surface area contributed by atoms with Crippen LogP contribution in [0.4, 0.5) is 11.5 Å². The van der Waals surface area contributed by atoms with Gasteiger partial charge in [-0.25, -0.2) is 4.98 Å². The standard InChI is InChI=1S/C18H20N6O3/c1-2-22-12-14(11-19-22)13-6-9-21(10-7-13)17-16(24(26)27)18(25)23-8-4-3-5-15(23)20-17/h3-5,8,11-13H,2,6-7,9-10H2,1H3. The predicted octanol–water partition coefficient (Wildman–Crippen LogP) is 2.20. The molecule has 0 atom stereocenters. The lowest BCUT2D eigenvalue weighted by atomic mass is 9.91. The summed E-state index contributed by atoms with van der Waals surface area (Å²) in [6.45, 7) is 4.09. The molecule has 0 N–H and O–H groups in total. The maximum Gasteiger partial charge on any atom is 0.376 e. The third-order valence-corrected chi connectivity index (χ3v) is 5.12. The lowest BCUT2D eigenvalue weighted by Gasteiger charge is -2.32. The summed E-state index contributed by atoms with van der Waals surface area (Å²) in [5.41, 5.74) is 0.495. The van der Waals surface area contributed by atoms with E-state index < -0.39 is 16.2 Å². The van der Waals surface area contributed by atoms with Crippen LogP contribution in [0.1, 0.15) is 31.2 Å². The molecular weight excluding hydrogens is 348 g/mol. The second-order valence-electron chi connectivity index (χ2n) is 6.67. The Morgan fingerprint density at radius 1 is 1.30 bits per heavy atom. The van der Waals surface area contributed by atoms with Gasteiger partial charge in [0.05, 0.1) is 11.1 Å². The van der Waals surface area contributed by atoms with Gasteiger partial charge in [-0.3, -0.25) is 24.0 Å². The van der Waals surface area contributed by atoms with Crippen molar-refractivity contribution in [1.29, 1.82) is 0 Å². The van der Waals surface area contributed by atoms with E-state index in [0.29, 0.717) is 24.7 Å². The fourth-order valence-corrected chi connectivity index (χ4v) is 3.64. The van der Waals surface area contributed by atoms with E-state index in [9.17, 15) is 14.9 Å². The van der Waals surface area contributed by atoms with Gasteiger partial charge in [-0.2, -0.15) is 5.10 Å². The Labute approximate surface area is 155 Å². The minimum absolute atomic E-state index is 0.166. The van der Waals surface area contributed by atoms with Gasteiger partial charge in [0.2, 0.25) is 5.82 Å². The Kier molecular flexibility index (Phi) is 4.35. The lowest BCUT2D eigenvalue weighted by Crippen LogP contribution is -2.35. The second-order valence-corrected chi connectivity index (χ2v) is 6.67. The van der Waals surface area contributed by atoms with Crippen LogP contribution in [0.3, 0.4) is 0 Å². The Morgan fingerprint density at radius 3 is 2.74 bits per heavy atom. The van der Waals surface area contributed by atoms with Gasteiger partial charge in [-0.1, -0.05) is 6.07 Å². The fraction of sp³-hybridized carbons (Fsp3) is 0.389. The van der Waals surface area contributed by atoms with Crippen LogP contribution < -0.4 is 10.5 Å². The monoisotopic (exact) mass is 368 g/mol. The van der Waals surface area contributed by atoms with Crippen molar-refractivity contribution >= 4 is 17.2 Å². The van der Waals surface area contributed by atoms with Crippen molar-refractivity contribution in [3.8, 4) is 0 Å². The van der Waals surface area contributed by atoms with E-state index in [1.54, 1.807) is 18.2 Å². The molecule has 9 heteroatoms. The number of aryl methyl sites for hydroxylation is 1. The number of aromatic nitrogens is 4. The van der Waals surface area contributed by atoms with Gasteiger partial charge in [0, 0.05) is 32.0 Å². The molecule has 0 amide bonds. The highest BCUT2D eigenvalue weighted by Crippen LogP contribution is 2.32. The second kappa shape index (κ2) is 6.82. The number of fused-ring (bicyclic) bond motifs is 1. The van der Waals surface area contributed by atoms with E-state index in [1.807, 2.05) is 22.7 Å². The molecule has 1 aliphatic heterocycles. The summed E-state index contributed by atoms with van der Waals surface area (Å²) in [4.78, 5) is 29.8. The summed E-state index contributed by atoms with van der Waals surface area (Å²) in [6, 6.07) is 5.09. The van der Waals surface area contributed by atoms with E-state index in [0.717, 1.165) is 19.4 Å². The smallest absolute Gasteiger partial charge is 0.351 e. The van der Waals surface area contributed by atoms with Crippen LogP contribution in [0.2, 0.25) is 0 Å². The summed E-state index contributed by atoms with van der Waals surface area (Å²) in [5, 5.41) is 15.9. The molecule has 4 rings (SSSR count). The first-order valence-electron chi connectivity index (χ1n) is 9.01. The van der Waals surface area contributed by atoms with Gasteiger partial charge in [0.1, 0.15) is 5.65 Å². The molecule has 27 heavy (non-hydrogen) atoms. The van der Waals surface area contributed by atoms with Crippen LogP contribution in [-0.4, -0.2) is 37.2 Å². The molecule has 140 valence electrons. The number of hydrogen-bond donors (Lipinski definition) is 0. The molecule has 1 saturated heterocycles. The first-order chi connectivity index (χ1) is 13.1. The zero-order chi connectivity index (χ0) is 19.0. The molecule has 4 heterocycles. The molecule has 3 aromatic rings. The minimum Gasteiger partial charge on any atom is -0.351 e. The highest BCUT2D eigenvalue weighted by atomic mass is 16.6. The van der Waals surface area contributed by atoms with Crippen LogP contribution in [-0.2, 0) is 6.54 Å². The molecule has 9 nitrogen and oxygen atoms in total. The van der Waals surface area contributed by atoms with E-state index in [-0.39, 0.29) is 5.82 Å². The van der Waals surface area contributed by atoms with Crippen molar-refractivity contribution in [2.75, 3.05) is 18.0 Å². The van der Waals surface area contributed by atoms with Crippen LogP contribution in [0.25, 0.3) is 5.65 Å². The lowest BCUT2D eigenvalue weighted by molar-refractivity contribution is -0.385. The molecule has 0 aliphatic carbocycles. The van der Waals surface area contributed by atoms with Crippen molar-refractivity contribution in [3.05, 3.63) is 62.8 Å². The topological polar surface area (TPSA) is 98.6 Å². The third kappa shape index (κ3) is 3.05. The third-order valence-electron chi connectivity index (χ3n) is 5.12. The van der Waals surface area contributed by atoms with E-state index >= 15 is 0 Å². The normalized spacial score (nSPS) is 15.4. The Hall–Kier alpha value is -3.23.